The van der Waals surface area contributed by atoms with Gasteiger partial charge >= 0.3 is 0 Å². The summed E-state index contributed by atoms with van der Waals surface area (Å²) in [6, 6.07) is 9.85. The molecule has 2 rings (SSSR count). The van der Waals surface area contributed by atoms with Crippen LogP contribution in [-0.4, -0.2) is 15.7 Å². The van der Waals surface area contributed by atoms with Crippen LogP contribution >= 0.6 is 0 Å². The summed E-state index contributed by atoms with van der Waals surface area (Å²) in [6.07, 6.45) is 4.12. The summed E-state index contributed by atoms with van der Waals surface area (Å²) in [4.78, 5) is 7.16. The molecular weight excluding hydrogens is 188 g/mol. The molecule has 1 heterocycles. The van der Waals surface area contributed by atoms with Gasteiger partial charge in [-0.05, 0) is 5.56 Å². The summed E-state index contributed by atoms with van der Waals surface area (Å²) in [5, 5.41) is 3.79. The first-order valence-electron chi connectivity index (χ1n) is 4.70. The van der Waals surface area contributed by atoms with Gasteiger partial charge in [-0.3, -0.25) is 0 Å². The van der Waals surface area contributed by atoms with E-state index in [1.165, 1.54) is 0 Å². The lowest BCUT2D eigenvalue weighted by molar-refractivity contribution is 1.07. The van der Waals surface area contributed by atoms with Crippen LogP contribution in [0.5, 0.6) is 0 Å². The number of imidazole rings is 1. The largest absolute Gasteiger partial charge is 0.348 e. The molecule has 4 heteroatoms. The maximum atomic E-state index is 5.37. The molecule has 15 heavy (non-hydrogen) atoms. The average Bonchev–Trinajstić information content (AvgIpc) is 2.80. The molecule has 0 spiro atoms. The molecular formula is C11H12N4. The molecule has 0 aliphatic heterocycles. The van der Waals surface area contributed by atoms with Gasteiger partial charge < -0.3 is 10.8 Å². The van der Waals surface area contributed by atoms with Crippen molar-refractivity contribution in [2.24, 2.45) is 10.9 Å². The van der Waals surface area contributed by atoms with E-state index in [-0.39, 0.29) is 0 Å². The molecule has 0 bridgehead atoms. The second kappa shape index (κ2) is 4.41. The third kappa shape index (κ3) is 2.22. The number of aromatic amines is 1. The molecule has 0 radical (unpaired) electrons. The molecule has 0 atom stereocenters. The van der Waals surface area contributed by atoms with Crippen LogP contribution in [0.3, 0.4) is 0 Å². The van der Waals surface area contributed by atoms with Gasteiger partial charge in [0.25, 0.3) is 0 Å². The fourth-order valence-electron chi connectivity index (χ4n) is 1.41. The number of nitrogens with zero attached hydrogens (tertiary/aromatic N) is 2. The van der Waals surface area contributed by atoms with E-state index < -0.39 is 0 Å². The monoisotopic (exact) mass is 200 g/mol. The molecule has 0 unspecified atom stereocenters. The molecule has 0 saturated heterocycles. The second-order valence-electron chi connectivity index (χ2n) is 3.15. The van der Waals surface area contributed by atoms with Crippen molar-refractivity contribution in [2.45, 2.75) is 6.42 Å². The van der Waals surface area contributed by atoms with Crippen LogP contribution in [0.4, 0.5) is 0 Å². The Morgan fingerprint density at radius 3 is 2.73 bits per heavy atom. The number of hydrogen-bond acceptors (Lipinski definition) is 3. The quantitative estimate of drug-likeness (QED) is 0.445. The van der Waals surface area contributed by atoms with Crippen LogP contribution in [0, 0.1) is 0 Å². The van der Waals surface area contributed by atoms with Gasteiger partial charge in [-0.2, -0.15) is 5.10 Å². The Morgan fingerprint density at radius 1 is 1.33 bits per heavy atom. The van der Waals surface area contributed by atoms with Crippen LogP contribution in [0.25, 0.3) is 0 Å². The molecule has 0 fully saturated rings. The SMILES string of the molecule is NN=C(Cc1ncc[nH]1)c1ccccc1. The van der Waals surface area contributed by atoms with Gasteiger partial charge in [0.15, 0.2) is 0 Å². The van der Waals surface area contributed by atoms with Crippen LogP contribution in [-0.2, 0) is 6.42 Å². The van der Waals surface area contributed by atoms with Gasteiger partial charge in [0.05, 0.1) is 12.1 Å². The van der Waals surface area contributed by atoms with Crippen molar-refractivity contribution < 1.29 is 0 Å². The number of rotatable bonds is 3. The first kappa shape index (κ1) is 9.45. The summed E-state index contributed by atoms with van der Waals surface area (Å²) in [7, 11) is 0. The average molecular weight is 200 g/mol. The summed E-state index contributed by atoms with van der Waals surface area (Å²) in [5.41, 5.74) is 1.85. The number of nitrogens with two attached hydrogens (primary N) is 1. The molecule has 0 amide bonds. The highest BCUT2D eigenvalue weighted by Crippen LogP contribution is 2.04. The standard InChI is InChI=1S/C11H12N4/c12-15-10(8-11-13-6-7-14-11)9-4-2-1-3-5-9/h1-7H,8,12H2,(H,13,14). The van der Waals surface area contributed by atoms with Crippen molar-refractivity contribution in [3.05, 3.63) is 54.1 Å². The van der Waals surface area contributed by atoms with Crippen LogP contribution in [0.1, 0.15) is 11.4 Å². The van der Waals surface area contributed by atoms with Gasteiger partial charge in [0, 0.05) is 12.4 Å². The zero-order valence-electron chi connectivity index (χ0n) is 8.22. The van der Waals surface area contributed by atoms with E-state index in [0.29, 0.717) is 6.42 Å². The third-order valence-corrected chi connectivity index (χ3v) is 2.15. The third-order valence-electron chi connectivity index (χ3n) is 2.15. The van der Waals surface area contributed by atoms with Gasteiger partial charge in [0.2, 0.25) is 0 Å². The predicted molar refractivity (Wildman–Crippen MR) is 59.5 cm³/mol. The Morgan fingerprint density at radius 2 is 2.13 bits per heavy atom. The second-order valence-corrected chi connectivity index (χ2v) is 3.15. The summed E-state index contributed by atoms with van der Waals surface area (Å²) in [6.45, 7) is 0. The number of aromatic nitrogens is 2. The van der Waals surface area contributed by atoms with Crippen molar-refractivity contribution in [1.29, 1.82) is 0 Å². The summed E-state index contributed by atoms with van der Waals surface area (Å²) < 4.78 is 0. The van der Waals surface area contributed by atoms with Crippen molar-refractivity contribution in [3.63, 3.8) is 0 Å². The van der Waals surface area contributed by atoms with Crippen molar-refractivity contribution in [2.75, 3.05) is 0 Å². The number of hydrazone groups is 1. The summed E-state index contributed by atoms with van der Waals surface area (Å²) in [5.74, 6) is 6.23. The zero-order valence-corrected chi connectivity index (χ0v) is 8.22. The predicted octanol–water partition coefficient (Wildman–Crippen LogP) is 1.32. The van der Waals surface area contributed by atoms with Gasteiger partial charge in [0.1, 0.15) is 5.82 Å². The van der Waals surface area contributed by atoms with E-state index >= 15 is 0 Å². The van der Waals surface area contributed by atoms with Crippen LogP contribution in [0.2, 0.25) is 0 Å². The highest BCUT2D eigenvalue weighted by atomic mass is 15.1. The van der Waals surface area contributed by atoms with E-state index in [1.54, 1.807) is 12.4 Å². The number of benzene rings is 1. The van der Waals surface area contributed by atoms with Crippen molar-refractivity contribution in [3.8, 4) is 0 Å². The van der Waals surface area contributed by atoms with Crippen LogP contribution < -0.4 is 5.84 Å². The maximum Gasteiger partial charge on any atom is 0.112 e. The minimum absolute atomic E-state index is 0.619. The van der Waals surface area contributed by atoms with Gasteiger partial charge in [-0.1, -0.05) is 30.3 Å². The van der Waals surface area contributed by atoms with E-state index in [0.717, 1.165) is 17.1 Å². The first-order chi connectivity index (χ1) is 7.40. The molecule has 0 aliphatic rings. The molecule has 2 aromatic rings. The molecule has 0 aliphatic carbocycles. The maximum absolute atomic E-state index is 5.37. The Labute approximate surface area is 87.9 Å². The Kier molecular flexibility index (Phi) is 2.78. The Bertz CT molecular complexity index is 431. The fraction of sp³-hybridized carbons (Fsp3) is 0.0909. The lowest BCUT2D eigenvalue weighted by atomic mass is 10.1. The molecule has 0 saturated carbocycles. The zero-order chi connectivity index (χ0) is 10.5. The number of nitrogens with one attached hydrogen (secondary N) is 1. The highest BCUT2D eigenvalue weighted by Gasteiger charge is 2.05. The van der Waals surface area contributed by atoms with E-state index in [1.807, 2.05) is 30.3 Å². The highest BCUT2D eigenvalue weighted by molar-refractivity contribution is 6.01. The number of H-pyrrole nitrogens is 1. The fourth-order valence-corrected chi connectivity index (χ4v) is 1.41. The van der Waals surface area contributed by atoms with E-state index in [4.69, 9.17) is 5.84 Å². The molecule has 1 aromatic heterocycles. The molecule has 76 valence electrons. The lowest BCUT2D eigenvalue weighted by Gasteiger charge is -2.02. The molecule has 1 aromatic carbocycles. The van der Waals surface area contributed by atoms with E-state index in [9.17, 15) is 0 Å². The minimum atomic E-state index is 0.619. The van der Waals surface area contributed by atoms with Crippen molar-refractivity contribution >= 4 is 5.71 Å². The Balaban J connectivity index is 2.20. The smallest absolute Gasteiger partial charge is 0.112 e. The van der Waals surface area contributed by atoms with Crippen LogP contribution in [0.15, 0.2) is 47.8 Å². The van der Waals surface area contributed by atoms with E-state index in [2.05, 4.69) is 15.1 Å². The normalized spacial score (nSPS) is 11.6. The molecule has 3 N–H and O–H groups in total. The minimum Gasteiger partial charge on any atom is -0.348 e. The van der Waals surface area contributed by atoms with Gasteiger partial charge in [-0.15, -0.1) is 0 Å². The number of hydrogen-bond donors (Lipinski definition) is 2. The Hall–Kier alpha value is -2.10. The molecule has 4 nitrogen and oxygen atoms in total. The van der Waals surface area contributed by atoms with Gasteiger partial charge in [-0.25, -0.2) is 4.98 Å². The topological polar surface area (TPSA) is 67.1 Å². The van der Waals surface area contributed by atoms with Crippen molar-refractivity contribution in [1.82, 2.24) is 9.97 Å². The first-order valence-corrected chi connectivity index (χ1v) is 4.70. The lowest BCUT2D eigenvalue weighted by Crippen LogP contribution is -2.09. The summed E-state index contributed by atoms with van der Waals surface area (Å²) >= 11 is 0.